The van der Waals surface area contributed by atoms with Crippen molar-refractivity contribution in [2.75, 3.05) is 49.6 Å². The fourth-order valence-corrected chi connectivity index (χ4v) is 3.70. The summed E-state index contributed by atoms with van der Waals surface area (Å²) in [6.07, 6.45) is 2.64. The molecule has 0 amide bonds. The minimum atomic E-state index is 0. The van der Waals surface area contributed by atoms with E-state index in [1.807, 2.05) is 0 Å². The summed E-state index contributed by atoms with van der Waals surface area (Å²) in [5, 5.41) is 3.47. The van der Waals surface area contributed by atoms with Crippen LogP contribution in [0.5, 0.6) is 0 Å². The highest BCUT2D eigenvalue weighted by molar-refractivity contribution is 5.85. The van der Waals surface area contributed by atoms with Crippen molar-refractivity contribution in [3.8, 4) is 0 Å². The molecular weight excluding hydrogens is 282 g/mol. The number of piperidine rings is 1. The van der Waals surface area contributed by atoms with E-state index in [4.69, 9.17) is 0 Å². The van der Waals surface area contributed by atoms with Crippen LogP contribution in [0.25, 0.3) is 0 Å². The Labute approximate surface area is 135 Å². The molecule has 2 heterocycles. The average molecular weight is 310 g/mol. The Morgan fingerprint density at radius 2 is 1.76 bits per heavy atom. The molecule has 118 valence electrons. The molecular formula is C17H28ClN3. The Balaban J connectivity index is 0.00000161. The quantitative estimate of drug-likeness (QED) is 0.906. The van der Waals surface area contributed by atoms with Gasteiger partial charge in [-0.25, -0.2) is 0 Å². The first-order chi connectivity index (χ1) is 9.74. The third-order valence-electron chi connectivity index (χ3n) is 4.69. The van der Waals surface area contributed by atoms with Gasteiger partial charge in [-0.1, -0.05) is 19.1 Å². The molecule has 4 heteroatoms. The van der Waals surface area contributed by atoms with Crippen molar-refractivity contribution < 1.29 is 0 Å². The molecule has 21 heavy (non-hydrogen) atoms. The molecule has 2 aliphatic rings. The number of rotatable bonds is 2. The van der Waals surface area contributed by atoms with Gasteiger partial charge in [0, 0.05) is 26.7 Å². The monoisotopic (exact) mass is 309 g/mol. The molecule has 0 saturated carbocycles. The second-order valence-electron chi connectivity index (χ2n) is 6.57. The summed E-state index contributed by atoms with van der Waals surface area (Å²) in [5.74, 6) is 1.56. The van der Waals surface area contributed by atoms with E-state index in [9.17, 15) is 0 Å². The summed E-state index contributed by atoms with van der Waals surface area (Å²) < 4.78 is 0. The number of nitrogens with zero attached hydrogens (tertiary/aromatic N) is 2. The lowest BCUT2D eigenvalue weighted by Gasteiger charge is -2.32. The van der Waals surface area contributed by atoms with Gasteiger partial charge in [-0.05, 0) is 49.9 Å². The van der Waals surface area contributed by atoms with Crippen LogP contribution >= 0.6 is 12.4 Å². The summed E-state index contributed by atoms with van der Waals surface area (Å²) in [5.41, 5.74) is 2.82. The van der Waals surface area contributed by atoms with Crippen LogP contribution in [0.2, 0.25) is 0 Å². The molecule has 0 radical (unpaired) electrons. The van der Waals surface area contributed by atoms with E-state index in [1.165, 1.54) is 50.4 Å². The molecule has 1 aromatic rings. The van der Waals surface area contributed by atoms with Gasteiger partial charge in [0.15, 0.2) is 0 Å². The van der Waals surface area contributed by atoms with Crippen molar-refractivity contribution >= 4 is 23.8 Å². The lowest BCUT2D eigenvalue weighted by Crippen LogP contribution is -2.38. The summed E-state index contributed by atoms with van der Waals surface area (Å²) in [7, 11) is 2.23. The Morgan fingerprint density at radius 3 is 2.48 bits per heavy atom. The predicted octanol–water partition coefficient (Wildman–Crippen LogP) is 3.00. The Kier molecular flexibility index (Phi) is 5.77. The third-order valence-corrected chi connectivity index (χ3v) is 4.69. The largest absolute Gasteiger partial charge is 0.373 e. The van der Waals surface area contributed by atoms with E-state index in [-0.39, 0.29) is 12.4 Å². The second-order valence-corrected chi connectivity index (χ2v) is 6.57. The minimum absolute atomic E-state index is 0. The Morgan fingerprint density at radius 1 is 1.10 bits per heavy atom. The number of para-hydroxylation sites is 2. The lowest BCUT2D eigenvalue weighted by atomic mass is 9.97. The first-order valence-electron chi connectivity index (χ1n) is 8.00. The van der Waals surface area contributed by atoms with Gasteiger partial charge in [-0.3, -0.25) is 0 Å². The molecule has 1 unspecified atom stereocenters. The Bertz CT molecular complexity index is 445. The zero-order chi connectivity index (χ0) is 13.9. The fraction of sp³-hybridized carbons (Fsp3) is 0.647. The first-order valence-corrected chi connectivity index (χ1v) is 8.00. The number of benzene rings is 1. The summed E-state index contributed by atoms with van der Waals surface area (Å²) in [6, 6.07) is 8.90. The number of hydrogen-bond donors (Lipinski definition) is 1. The van der Waals surface area contributed by atoms with E-state index in [1.54, 1.807) is 0 Å². The van der Waals surface area contributed by atoms with Crippen molar-refractivity contribution in [3.05, 3.63) is 24.3 Å². The molecule has 3 nitrogen and oxygen atoms in total. The number of anilines is 2. The topological polar surface area (TPSA) is 18.5 Å². The van der Waals surface area contributed by atoms with E-state index < -0.39 is 0 Å². The lowest BCUT2D eigenvalue weighted by molar-refractivity contribution is 0.369. The molecule has 1 N–H and O–H groups in total. The fourth-order valence-electron chi connectivity index (χ4n) is 3.70. The highest BCUT2D eigenvalue weighted by Crippen LogP contribution is 2.33. The van der Waals surface area contributed by atoms with Gasteiger partial charge in [0.05, 0.1) is 11.4 Å². The van der Waals surface area contributed by atoms with Crippen molar-refractivity contribution in [2.24, 2.45) is 11.8 Å². The molecule has 1 fully saturated rings. The van der Waals surface area contributed by atoms with Crippen LogP contribution in [-0.2, 0) is 0 Å². The molecule has 0 bridgehead atoms. The third kappa shape index (κ3) is 3.83. The van der Waals surface area contributed by atoms with Crippen LogP contribution in [0.1, 0.15) is 19.8 Å². The number of nitrogens with one attached hydrogen (secondary N) is 1. The van der Waals surface area contributed by atoms with Gasteiger partial charge < -0.3 is 15.1 Å². The van der Waals surface area contributed by atoms with Crippen molar-refractivity contribution in [3.63, 3.8) is 0 Å². The van der Waals surface area contributed by atoms with Crippen molar-refractivity contribution in [1.82, 2.24) is 5.32 Å². The second kappa shape index (κ2) is 7.37. The van der Waals surface area contributed by atoms with E-state index in [0.717, 1.165) is 12.5 Å². The maximum Gasteiger partial charge on any atom is 0.0604 e. The van der Waals surface area contributed by atoms with Gasteiger partial charge in [-0.2, -0.15) is 0 Å². The number of fused-ring (bicyclic) bond motifs is 1. The zero-order valence-electron chi connectivity index (χ0n) is 13.2. The molecule has 1 atom stereocenters. The van der Waals surface area contributed by atoms with Crippen LogP contribution in [-0.4, -0.2) is 39.8 Å². The SMILES string of the molecule is CC1CN(C)c2ccccc2N(CC2CCNCC2)C1.Cl. The summed E-state index contributed by atoms with van der Waals surface area (Å²) in [4.78, 5) is 5.06. The van der Waals surface area contributed by atoms with Crippen LogP contribution in [0, 0.1) is 11.8 Å². The van der Waals surface area contributed by atoms with Crippen LogP contribution in [0.4, 0.5) is 11.4 Å². The summed E-state index contributed by atoms with van der Waals surface area (Å²) in [6.45, 7) is 8.31. The minimum Gasteiger partial charge on any atom is -0.373 e. The number of hydrogen-bond acceptors (Lipinski definition) is 3. The normalized spacial score (nSPS) is 23.2. The van der Waals surface area contributed by atoms with Gasteiger partial charge >= 0.3 is 0 Å². The van der Waals surface area contributed by atoms with Crippen LogP contribution < -0.4 is 15.1 Å². The van der Waals surface area contributed by atoms with Gasteiger partial charge in [-0.15, -0.1) is 12.4 Å². The molecule has 3 rings (SSSR count). The van der Waals surface area contributed by atoms with Gasteiger partial charge in [0.1, 0.15) is 0 Å². The smallest absolute Gasteiger partial charge is 0.0604 e. The summed E-state index contributed by atoms with van der Waals surface area (Å²) >= 11 is 0. The predicted molar refractivity (Wildman–Crippen MR) is 93.9 cm³/mol. The van der Waals surface area contributed by atoms with Crippen LogP contribution in [0.15, 0.2) is 24.3 Å². The zero-order valence-corrected chi connectivity index (χ0v) is 14.0. The first kappa shape index (κ1) is 16.4. The number of halogens is 1. The molecule has 0 aliphatic carbocycles. The highest BCUT2D eigenvalue weighted by Gasteiger charge is 2.24. The standard InChI is InChI=1S/C17H27N3.ClH/c1-14-11-19(2)16-5-3-4-6-17(16)20(12-14)13-15-7-9-18-10-8-15;/h3-6,14-15,18H,7-13H2,1-2H3;1H. The Hall–Kier alpha value is -0.930. The molecule has 0 aromatic heterocycles. The maximum atomic E-state index is 3.47. The average Bonchev–Trinajstić information content (AvgIpc) is 2.58. The van der Waals surface area contributed by atoms with E-state index in [2.05, 4.69) is 53.4 Å². The van der Waals surface area contributed by atoms with Crippen LogP contribution in [0.3, 0.4) is 0 Å². The molecule has 0 spiro atoms. The maximum absolute atomic E-state index is 3.47. The van der Waals surface area contributed by atoms with Crippen molar-refractivity contribution in [2.45, 2.75) is 19.8 Å². The molecule has 1 aromatic carbocycles. The van der Waals surface area contributed by atoms with Crippen molar-refractivity contribution in [1.29, 1.82) is 0 Å². The molecule has 1 saturated heterocycles. The van der Waals surface area contributed by atoms with Gasteiger partial charge in [0.25, 0.3) is 0 Å². The van der Waals surface area contributed by atoms with E-state index in [0.29, 0.717) is 5.92 Å². The highest BCUT2D eigenvalue weighted by atomic mass is 35.5. The molecule has 2 aliphatic heterocycles. The van der Waals surface area contributed by atoms with Gasteiger partial charge in [0.2, 0.25) is 0 Å². The van der Waals surface area contributed by atoms with E-state index >= 15 is 0 Å².